The van der Waals surface area contributed by atoms with Crippen molar-refractivity contribution in [3.63, 3.8) is 0 Å². The molecule has 8 heteroatoms. The van der Waals surface area contributed by atoms with Crippen molar-refractivity contribution in [1.29, 1.82) is 0 Å². The van der Waals surface area contributed by atoms with E-state index in [2.05, 4.69) is 25.6 Å². The van der Waals surface area contributed by atoms with Crippen LogP contribution in [0.5, 0.6) is 0 Å². The highest BCUT2D eigenvalue weighted by atomic mass is 32.1. The first-order valence-corrected chi connectivity index (χ1v) is 9.95. The highest BCUT2D eigenvalue weighted by Gasteiger charge is 2.13. The third-order valence-electron chi connectivity index (χ3n) is 4.35. The van der Waals surface area contributed by atoms with Gasteiger partial charge in [-0.1, -0.05) is 29.5 Å². The molecule has 0 bridgehead atoms. The Labute approximate surface area is 171 Å². The molecular weight excluding hydrogens is 386 g/mol. The van der Waals surface area contributed by atoms with E-state index >= 15 is 0 Å². The summed E-state index contributed by atoms with van der Waals surface area (Å²) in [5, 5.41) is 16.4. The van der Waals surface area contributed by atoms with Gasteiger partial charge in [-0.3, -0.25) is 15.3 Å². The fourth-order valence-electron chi connectivity index (χ4n) is 2.91. The number of aliphatic hydroxyl groups excluding tert-OH is 1. The van der Waals surface area contributed by atoms with Crippen molar-refractivity contribution in [3.05, 3.63) is 72.3 Å². The minimum atomic E-state index is -0.818. The molecule has 146 valence electrons. The summed E-state index contributed by atoms with van der Waals surface area (Å²) in [4.78, 5) is 24.6. The maximum Gasteiger partial charge on any atom is 0.321 e. The molecule has 1 aromatic carbocycles. The van der Waals surface area contributed by atoms with Crippen LogP contribution in [0.3, 0.4) is 0 Å². The largest absolute Gasteiger partial charge is 0.382 e. The van der Waals surface area contributed by atoms with E-state index in [1.54, 1.807) is 30.7 Å². The number of benzene rings is 1. The summed E-state index contributed by atoms with van der Waals surface area (Å²) in [6.45, 7) is 2.42. The number of aliphatic hydroxyl groups is 1. The zero-order chi connectivity index (χ0) is 20.2. The molecule has 29 heavy (non-hydrogen) atoms. The monoisotopic (exact) mass is 405 g/mol. The van der Waals surface area contributed by atoms with Crippen LogP contribution in [0.2, 0.25) is 0 Å². The maximum atomic E-state index is 11.7. The molecule has 4 aromatic rings. The Kier molecular flexibility index (Phi) is 5.46. The van der Waals surface area contributed by atoms with Gasteiger partial charge in [-0.05, 0) is 36.8 Å². The van der Waals surface area contributed by atoms with E-state index in [4.69, 9.17) is 0 Å². The summed E-state index contributed by atoms with van der Waals surface area (Å²) in [5.41, 5.74) is 3.94. The highest BCUT2D eigenvalue weighted by molar-refractivity contribution is 7.22. The Morgan fingerprint density at radius 2 is 2.03 bits per heavy atom. The van der Waals surface area contributed by atoms with Gasteiger partial charge >= 0.3 is 6.03 Å². The number of thiazole rings is 1. The number of aromatic nitrogens is 3. The molecule has 3 heterocycles. The molecule has 1 unspecified atom stereocenters. The Morgan fingerprint density at radius 3 is 2.76 bits per heavy atom. The number of hydrogen-bond acceptors (Lipinski definition) is 6. The average molecular weight is 405 g/mol. The lowest BCUT2D eigenvalue weighted by Crippen LogP contribution is -2.28. The van der Waals surface area contributed by atoms with Crippen LogP contribution in [0.25, 0.3) is 21.3 Å². The van der Waals surface area contributed by atoms with Crippen molar-refractivity contribution in [2.24, 2.45) is 0 Å². The van der Waals surface area contributed by atoms with E-state index in [9.17, 15) is 9.90 Å². The zero-order valence-electron chi connectivity index (χ0n) is 15.7. The summed E-state index contributed by atoms with van der Waals surface area (Å²) >= 11 is 1.42. The minimum Gasteiger partial charge on any atom is -0.382 e. The van der Waals surface area contributed by atoms with E-state index < -0.39 is 6.10 Å². The second-order valence-corrected chi connectivity index (χ2v) is 7.38. The second-order valence-electron chi connectivity index (χ2n) is 6.35. The number of urea groups is 1. The number of rotatable bonds is 5. The summed E-state index contributed by atoms with van der Waals surface area (Å²) in [7, 11) is 0. The number of nitrogens with zero attached hydrogens (tertiary/aromatic N) is 3. The van der Waals surface area contributed by atoms with Gasteiger partial charge in [-0.15, -0.1) is 0 Å². The molecule has 0 radical (unpaired) electrons. The van der Waals surface area contributed by atoms with E-state index in [-0.39, 0.29) is 6.03 Å². The quantitative estimate of drug-likeness (QED) is 0.466. The van der Waals surface area contributed by atoms with Gasteiger partial charge in [-0.25, -0.2) is 9.78 Å². The molecule has 3 N–H and O–H groups in total. The number of carbonyl (C=O) groups excluding carboxylic acids is 1. The molecule has 7 nitrogen and oxygen atoms in total. The van der Waals surface area contributed by atoms with Gasteiger partial charge < -0.3 is 10.4 Å². The molecule has 0 fully saturated rings. The lowest BCUT2D eigenvalue weighted by molar-refractivity contribution is 0.215. The lowest BCUT2D eigenvalue weighted by Gasteiger charge is -2.10. The van der Waals surface area contributed by atoms with Gasteiger partial charge in [0.1, 0.15) is 6.10 Å². The molecule has 0 aliphatic carbocycles. The number of anilines is 1. The summed E-state index contributed by atoms with van der Waals surface area (Å²) in [6.07, 6.45) is 4.21. The van der Waals surface area contributed by atoms with Gasteiger partial charge in [0.15, 0.2) is 5.13 Å². The maximum absolute atomic E-state index is 11.7. The third-order valence-corrected chi connectivity index (χ3v) is 5.30. The second kappa shape index (κ2) is 8.34. The fourth-order valence-corrected chi connectivity index (χ4v) is 3.75. The number of fused-ring (bicyclic) bond motifs is 1. The van der Waals surface area contributed by atoms with Gasteiger partial charge in [0, 0.05) is 36.3 Å². The van der Waals surface area contributed by atoms with Crippen molar-refractivity contribution in [1.82, 2.24) is 20.3 Å². The van der Waals surface area contributed by atoms with Crippen molar-refractivity contribution in [2.45, 2.75) is 13.0 Å². The molecule has 0 aliphatic heterocycles. The van der Waals surface area contributed by atoms with E-state index in [1.165, 1.54) is 11.3 Å². The number of carbonyl (C=O) groups is 1. The van der Waals surface area contributed by atoms with Crippen molar-refractivity contribution in [3.8, 4) is 11.1 Å². The van der Waals surface area contributed by atoms with E-state index in [0.717, 1.165) is 21.3 Å². The molecule has 1 atom stereocenters. The Bertz CT molecular complexity index is 1130. The molecule has 4 rings (SSSR count). The number of amides is 2. The topological polar surface area (TPSA) is 100 Å². The molecule has 0 aliphatic rings. The smallest absolute Gasteiger partial charge is 0.321 e. The minimum absolute atomic E-state index is 0.265. The van der Waals surface area contributed by atoms with Crippen molar-refractivity contribution in [2.75, 3.05) is 11.9 Å². The van der Waals surface area contributed by atoms with Crippen LogP contribution < -0.4 is 10.6 Å². The molecule has 0 saturated carbocycles. The standard InChI is InChI=1S/C21H19N5O2S/c1-2-23-20(28)26-21-25-17-10-13(6-8-18(17)29-21)14-5-7-16(24-12-14)19(27)15-4-3-9-22-11-15/h3-12,19,27H,2H2,1H3,(H2,23,25,26,28). The van der Waals surface area contributed by atoms with Crippen LogP contribution in [0.4, 0.5) is 9.93 Å². The fraction of sp³-hybridized carbons (Fsp3) is 0.143. The predicted molar refractivity (Wildman–Crippen MR) is 114 cm³/mol. The first-order chi connectivity index (χ1) is 14.1. The first kappa shape index (κ1) is 19.0. The van der Waals surface area contributed by atoms with Crippen LogP contribution in [0.15, 0.2) is 61.1 Å². The molecule has 0 saturated heterocycles. The van der Waals surface area contributed by atoms with Gasteiger partial charge in [-0.2, -0.15) is 0 Å². The zero-order valence-corrected chi connectivity index (χ0v) is 16.5. The summed E-state index contributed by atoms with van der Waals surface area (Å²) in [5.74, 6) is 0. The predicted octanol–water partition coefficient (Wildman–Crippen LogP) is 3.98. The number of nitrogens with one attached hydrogen (secondary N) is 2. The first-order valence-electron chi connectivity index (χ1n) is 9.14. The molecule has 3 aromatic heterocycles. The third kappa shape index (κ3) is 4.23. The number of pyridine rings is 2. The van der Waals surface area contributed by atoms with Gasteiger partial charge in [0.25, 0.3) is 0 Å². The van der Waals surface area contributed by atoms with Crippen molar-refractivity contribution >= 4 is 32.7 Å². The van der Waals surface area contributed by atoms with E-state index in [1.807, 2.05) is 37.3 Å². The molecule has 2 amide bonds. The SMILES string of the molecule is CCNC(=O)Nc1nc2cc(-c3ccc(C(O)c4cccnc4)nc3)ccc2s1. The Balaban J connectivity index is 1.55. The van der Waals surface area contributed by atoms with Crippen molar-refractivity contribution < 1.29 is 9.90 Å². The Morgan fingerprint density at radius 1 is 1.17 bits per heavy atom. The van der Waals surface area contributed by atoms with Crippen LogP contribution in [-0.4, -0.2) is 32.6 Å². The lowest BCUT2D eigenvalue weighted by atomic mass is 10.0. The van der Waals surface area contributed by atoms with Gasteiger partial charge in [0.05, 0.1) is 15.9 Å². The average Bonchev–Trinajstić information content (AvgIpc) is 3.15. The van der Waals surface area contributed by atoms with Gasteiger partial charge in [0.2, 0.25) is 0 Å². The Hall–Kier alpha value is -3.36. The van der Waals surface area contributed by atoms with Crippen LogP contribution in [0.1, 0.15) is 24.3 Å². The summed E-state index contributed by atoms with van der Waals surface area (Å²) in [6, 6.07) is 13.0. The van der Waals surface area contributed by atoms with E-state index in [0.29, 0.717) is 22.9 Å². The number of hydrogen-bond donors (Lipinski definition) is 3. The highest BCUT2D eigenvalue weighted by Crippen LogP contribution is 2.30. The molecular formula is C21H19N5O2S. The van der Waals surface area contributed by atoms with Crippen LogP contribution >= 0.6 is 11.3 Å². The van der Waals surface area contributed by atoms with Crippen LogP contribution in [-0.2, 0) is 0 Å². The van der Waals surface area contributed by atoms with Crippen LogP contribution in [0, 0.1) is 0 Å². The normalized spacial score (nSPS) is 11.9. The molecule has 0 spiro atoms. The summed E-state index contributed by atoms with van der Waals surface area (Å²) < 4.78 is 0.983.